The number of aryl methyl sites for hydroxylation is 1. The number of carbonyl (C=O) groups excluding carboxylic acids is 1. The molecule has 0 bridgehead atoms. The van der Waals surface area contributed by atoms with Crippen LogP contribution in [-0.2, 0) is 13.0 Å². The Hall–Kier alpha value is -6.43. The largest absolute Gasteiger partial charge is 0.496 e. The molecule has 47 heavy (non-hydrogen) atoms. The van der Waals surface area contributed by atoms with Crippen LogP contribution in [0.5, 0.6) is 5.75 Å². The van der Waals surface area contributed by atoms with Gasteiger partial charge in [-0.25, -0.2) is 19.9 Å². The molecule has 4 aromatic carbocycles. The van der Waals surface area contributed by atoms with Crippen molar-refractivity contribution in [3.05, 3.63) is 125 Å². The predicted octanol–water partition coefficient (Wildman–Crippen LogP) is 5.31. The number of aromatic nitrogens is 6. The summed E-state index contributed by atoms with van der Waals surface area (Å²) in [6, 6.07) is 30.4. The molecule has 12 nitrogen and oxygen atoms in total. The first kappa shape index (κ1) is 30.6. The standard InChI is InChI=1S/C18H15N5O.C17H16N4O2/c1-11-6-2-3-7-12(11)10-15-22-23-18(24-15)16-17(19)21-14-9-5-4-8-13(14)20-16;1-23-14-9-5-2-6-11(14)10-19-17(22)15-16(18)21-13-8-4-3-7-12(13)20-15/h2-9H,10H2,1H3,(H2,19,21);2-9H,10H2,1H3,(H2,18,21)(H,19,22). The molecule has 1 amide bonds. The highest BCUT2D eigenvalue weighted by atomic mass is 16.5. The molecule has 0 fully saturated rings. The molecule has 7 rings (SSSR count). The lowest BCUT2D eigenvalue weighted by Crippen LogP contribution is -2.25. The molecule has 0 spiro atoms. The van der Waals surface area contributed by atoms with Crippen LogP contribution in [0.3, 0.4) is 0 Å². The van der Waals surface area contributed by atoms with Gasteiger partial charge in [0.2, 0.25) is 5.89 Å². The summed E-state index contributed by atoms with van der Waals surface area (Å²) < 4.78 is 11.0. The quantitative estimate of drug-likeness (QED) is 0.209. The number of methoxy groups -OCH3 is 1. The number of fused-ring (bicyclic) bond motifs is 2. The maximum atomic E-state index is 12.3. The van der Waals surface area contributed by atoms with Gasteiger partial charge in [-0.3, -0.25) is 4.79 Å². The van der Waals surface area contributed by atoms with Crippen LogP contribution >= 0.6 is 0 Å². The molecule has 7 aromatic rings. The van der Waals surface area contributed by atoms with Crippen LogP contribution in [0, 0.1) is 6.92 Å². The minimum absolute atomic E-state index is 0.112. The first-order chi connectivity index (χ1) is 22.9. The van der Waals surface area contributed by atoms with E-state index in [4.69, 9.17) is 20.6 Å². The summed E-state index contributed by atoms with van der Waals surface area (Å²) in [5.41, 5.74) is 18.4. The van der Waals surface area contributed by atoms with Crippen molar-refractivity contribution in [2.45, 2.75) is 19.9 Å². The molecule has 0 aliphatic heterocycles. The van der Waals surface area contributed by atoms with E-state index in [2.05, 4.69) is 48.4 Å². The Bertz CT molecular complexity index is 2200. The monoisotopic (exact) mass is 625 g/mol. The number of hydrogen-bond acceptors (Lipinski definition) is 11. The van der Waals surface area contributed by atoms with E-state index in [1.807, 2.05) is 78.9 Å². The number of nitrogens with two attached hydrogens (primary N) is 2. The van der Waals surface area contributed by atoms with Crippen LogP contribution in [0.15, 0.2) is 101 Å². The molecule has 0 aliphatic carbocycles. The van der Waals surface area contributed by atoms with Gasteiger partial charge in [0.25, 0.3) is 11.8 Å². The van der Waals surface area contributed by atoms with Gasteiger partial charge in [-0.05, 0) is 48.4 Å². The highest BCUT2D eigenvalue weighted by Crippen LogP contribution is 2.25. The van der Waals surface area contributed by atoms with Gasteiger partial charge in [0.05, 0.1) is 35.6 Å². The molecule has 12 heteroatoms. The van der Waals surface area contributed by atoms with Crippen molar-refractivity contribution < 1.29 is 13.9 Å². The zero-order valence-electron chi connectivity index (χ0n) is 25.7. The van der Waals surface area contributed by atoms with Gasteiger partial charge in [0, 0.05) is 12.1 Å². The van der Waals surface area contributed by atoms with Gasteiger partial charge in [-0.2, -0.15) is 0 Å². The van der Waals surface area contributed by atoms with Crippen LogP contribution in [0.25, 0.3) is 33.7 Å². The number of nitrogens with one attached hydrogen (secondary N) is 1. The Kier molecular flexibility index (Phi) is 8.91. The third kappa shape index (κ3) is 6.96. The van der Waals surface area contributed by atoms with Crippen LogP contribution in [0.2, 0.25) is 0 Å². The van der Waals surface area contributed by atoms with Gasteiger partial charge in [-0.15, -0.1) is 10.2 Å². The molecule has 0 saturated heterocycles. The average molecular weight is 626 g/mol. The lowest BCUT2D eigenvalue weighted by atomic mass is 10.1. The number of nitrogen functional groups attached to an aromatic ring is 2. The number of para-hydroxylation sites is 5. The van der Waals surface area contributed by atoms with Crippen LogP contribution in [0.4, 0.5) is 11.6 Å². The summed E-state index contributed by atoms with van der Waals surface area (Å²) in [5.74, 6) is 1.54. The SMILES string of the molecule is COc1ccccc1CNC(=O)c1nc2ccccc2nc1N.Cc1ccccc1Cc1nnc(-c2nc3ccccc3nc2N)o1. The van der Waals surface area contributed by atoms with E-state index in [9.17, 15) is 4.79 Å². The number of hydrogen-bond donors (Lipinski definition) is 3. The molecule has 0 aliphatic rings. The van der Waals surface area contributed by atoms with E-state index < -0.39 is 0 Å². The molecule has 3 heterocycles. The van der Waals surface area contributed by atoms with Gasteiger partial charge in [0.1, 0.15) is 5.75 Å². The van der Waals surface area contributed by atoms with E-state index in [-0.39, 0.29) is 29.1 Å². The fourth-order valence-electron chi connectivity index (χ4n) is 4.85. The normalized spacial score (nSPS) is 10.8. The highest BCUT2D eigenvalue weighted by molar-refractivity contribution is 5.98. The zero-order valence-corrected chi connectivity index (χ0v) is 25.7. The highest BCUT2D eigenvalue weighted by Gasteiger charge is 2.17. The Morgan fingerprint density at radius 3 is 1.98 bits per heavy atom. The Labute approximate surface area is 269 Å². The minimum atomic E-state index is -0.369. The van der Waals surface area contributed by atoms with E-state index in [0.29, 0.717) is 41.3 Å². The number of rotatable bonds is 7. The fraction of sp³-hybridized carbons (Fsp3) is 0.114. The molecule has 0 unspecified atom stereocenters. The Balaban J connectivity index is 0.000000165. The van der Waals surface area contributed by atoms with Crippen molar-refractivity contribution >= 4 is 39.6 Å². The molecule has 234 valence electrons. The smallest absolute Gasteiger partial charge is 0.274 e. The fourth-order valence-corrected chi connectivity index (χ4v) is 4.85. The van der Waals surface area contributed by atoms with Crippen molar-refractivity contribution in [3.8, 4) is 17.3 Å². The van der Waals surface area contributed by atoms with Crippen LogP contribution in [-0.4, -0.2) is 43.2 Å². The Morgan fingerprint density at radius 2 is 1.30 bits per heavy atom. The molecular weight excluding hydrogens is 594 g/mol. The van der Waals surface area contributed by atoms with Crippen molar-refractivity contribution in [1.82, 2.24) is 35.5 Å². The molecular formula is C35H31N9O3. The van der Waals surface area contributed by atoms with Gasteiger partial charge >= 0.3 is 0 Å². The maximum Gasteiger partial charge on any atom is 0.274 e. The van der Waals surface area contributed by atoms with E-state index in [1.165, 1.54) is 5.56 Å². The number of carbonyl (C=O) groups is 1. The maximum absolute atomic E-state index is 12.3. The second-order valence-corrected chi connectivity index (χ2v) is 10.5. The third-order valence-corrected chi connectivity index (χ3v) is 7.31. The molecule has 0 atom stereocenters. The molecule has 5 N–H and O–H groups in total. The van der Waals surface area contributed by atoms with Crippen molar-refractivity contribution in [2.24, 2.45) is 0 Å². The summed E-state index contributed by atoms with van der Waals surface area (Å²) in [6.07, 6.45) is 0.570. The van der Waals surface area contributed by atoms with Gasteiger partial charge in [0.15, 0.2) is 23.0 Å². The average Bonchev–Trinajstić information content (AvgIpc) is 3.56. The number of ether oxygens (including phenoxy) is 1. The topological polar surface area (TPSA) is 181 Å². The summed E-state index contributed by atoms with van der Waals surface area (Å²) >= 11 is 0. The molecule has 3 aromatic heterocycles. The third-order valence-electron chi connectivity index (χ3n) is 7.31. The van der Waals surface area contributed by atoms with E-state index in [1.54, 1.807) is 19.2 Å². The number of anilines is 2. The second-order valence-electron chi connectivity index (χ2n) is 10.5. The minimum Gasteiger partial charge on any atom is -0.496 e. The second kappa shape index (κ2) is 13.7. The van der Waals surface area contributed by atoms with E-state index in [0.717, 1.165) is 22.2 Å². The summed E-state index contributed by atoms with van der Waals surface area (Å²) in [5, 5.41) is 11.0. The lowest BCUT2D eigenvalue weighted by molar-refractivity contribution is 0.0946. The number of benzene rings is 4. The lowest BCUT2D eigenvalue weighted by Gasteiger charge is -2.10. The summed E-state index contributed by atoms with van der Waals surface area (Å²) in [7, 11) is 1.59. The van der Waals surface area contributed by atoms with Gasteiger partial charge < -0.3 is 25.9 Å². The first-order valence-corrected chi connectivity index (χ1v) is 14.7. The molecule has 0 radical (unpaired) electrons. The van der Waals surface area contributed by atoms with Crippen molar-refractivity contribution in [1.29, 1.82) is 0 Å². The van der Waals surface area contributed by atoms with Crippen molar-refractivity contribution in [2.75, 3.05) is 18.6 Å². The molecule has 0 saturated carbocycles. The number of nitrogens with zero attached hydrogens (tertiary/aromatic N) is 6. The first-order valence-electron chi connectivity index (χ1n) is 14.7. The predicted molar refractivity (Wildman–Crippen MR) is 179 cm³/mol. The van der Waals surface area contributed by atoms with Crippen LogP contribution < -0.4 is 21.5 Å². The van der Waals surface area contributed by atoms with Crippen LogP contribution in [0.1, 0.15) is 33.1 Å². The zero-order chi connectivity index (χ0) is 32.8. The van der Waals surface area contributed by atoms with E-state index >= 15 is 0 Å². The Morgan fingerprint density at radius 1 is 0.723 bits per heavy atom. The summed E-state index contributed by atoms with van der Waals surface area (Å²) in [6.45, 7) is 2.37. The number of amides is 1. The van der Waals surface area contributed by atoms with Crippen molar-refractivity contribution in [3.63, 3.8) is 0 Å². The summed E-state index contributed by atoms with van der Waals surface area (Å²) in [4.78, 5) is 29.7. The van der Waals surface area contributed by atoms with Gasteiger partial charge in [-0.1, -0.05) is 66.7 Å².